The van der Waals surface area contributed by atoms with Gasteiger partial charge in [-0.3, -0.25) is 4.79 Å². The van der Waals surface area contributed by atoms with Crippen LogP contribution < -0.4 is 5.32 Å². The minimum Gasteiger partial charge on any atom is -0.480 e. The van der Waals surface area contributed by atoms with Crippen LogP contribution >= 0.6 is 0 Å². The first-order valence-electron chi connectivity index (χ1n) is 5.26. The summed E-state index contributed by atoms with van der Waals surface area (Å²) in [7, 11) is -3.25. The van der Waals surface area contributed by atoms with Crippen LogP contribution in [0.4, 0.5) is 0 Å². The number of carbonyl (C=O) groups excluding carboxylic acids is 1. The standard InChI is InChI=1S/C11H17NO5S/c1-3-4-5-6-10(13)12-9(11(14)15)7-8-18(2,16)17/h3-6,9H,7-8H2,1-2H3,(H,12,13)(H,14,15)/b4-3+,6-5+. The number of carboxylic acids is 1. The minimum absolute atomic E-state index is 0.155. The van der Waals surface area contributed by atoms with Crippen LogP contribution in [0.3, 0.4) is 0 Å². The van der Waals surface area contributed by atoms with Crippen molar-refractivity contribution in [3.8, 4) is 0 Å². The van der Waals surface area contributed by atoms with Gasteiger partial charge in [-0.15, -0.1) is 0 Å². The van der Waals surface area contributed by atoms with Crippen LogP contribution in [0.2, 0.25) is 0 Å². The Labute approximate surface area is 106 Å². The van der Waals surface area contributed by atoms with E-state index in [9.17, 15) is 18.0 Å². The largest absolute Gasteiger partial charge is 0.480 e. The average molecular weight is 275 g/mol. The molecule has 2 N–H and O–H groups in total. The summed E-state index contributed by atoms with van der Waals surface area (Å²) >= 11 is 0. The van der Waals surface area contributed by atoms with Gasteiger partial charge < -0.3 is 10.4 Å². The molecule has 0 aromatic heterocycles. The fourth-order valence-corrected chi connectivity index (χ4v) is 1.73. The third-order valence-corrected chi connectivity index (χ3v) is 2.92. The summed E-state index contributed by atoms with van der Waals surface area (Å²) in [6, 6.07) is -1.21. The van der Waals surface area contributed by atoms with Crippen molar-refractivity contribution in [2.24, 2.45) is 0 Å². The van der Waals surface area contributed by atoms with E-state index < -0.39 is 27.8 Å². The fraction of sp³-hybridized carbons (Fsp3) is 0.455. The number of hydrogen-bond acceptors (Lipinski definition) is 4. The molecule has 0 aromatic carbocycles. The predicted molar refractivity (Wildman–Crippen MR) is 67.8 cm³/mol. The van der Waals surface area contributed by atoms with E-state index in [0.717, 1.165) is 6.26 Å². The van der Waals surface area contributed by atoms with E-state index in [4.69, 9.17) is 5.11 Å². The Morgan fingerprint density at radius 2 is 1.94 bits per heavy atom. The number of amides is 1. The van der Waals surface area contributed by atoms with E-state index >= 15 is 0 Å². The number of carbonyl (C=O) groups is 2. The Morgan fingerprint density at radius 1 is 1.33 bits per heavy atom. The first kappa shape index (κ1) is 16.4. The van der Waals surface area contributed by atoms with Gasteiger partial charge in [-0.1, -0.05) is 18.2 Å². The van der Waals surface area contributed by atoms with E-state index in [-0.39, 0.29) is 12.2 Å². The zero-order valence-corrected chi connectivity index (χ0v) is 11.1. The van der Waals surface area contributed by atoms with Crippen molar-refractivity contribution in [2.75, 3.05) is 12.0 Å². The molecule has 18 heavy (non-hydrogen) atoms. The van der Waals surface area contributed by atoms with E-state index in [1.807, 2.05) is 0 Å². The van der Waals surface area contributed by atoms with Crippen LogP contribution in [0.15, 0.2) is 24.3 Å². The molecule has 0 rings (SSSR count). The van der Waals surface area contributed by atoms with Gasteiger partial charge in [0.05, 0.1) is 5.75 Å². The zero-order valence-electron chi connectivity index (χ0n) is 10.3. The highest BCUT2D eigenvalue weighted by molar-refractivity contribution is 7.90. The lowest BCUT2D eigenvalue weighted by molar-refractivity contribution is -0.141. The molecule has 1 atom stereocenters. The second-order valence-corrected chi connectivity index (χ2v) is 5.96. The van der Waals surface area contributed by atoms with Crippen LogP contribution in [0.1, 0.15) is 13.3 Å². The number of nitrogens with one attached hydrogen (secondary N) is 1. The highest BCUT2D eigenvalue weighted by atomic mass is 32.2. The van der Waals surface area contributed by atoms with Gasteiger partial charge in [0.2, 0.25) is 5.91 Å². The van der Waals surface area contributed by atoms with Crippen LogP contribution in [0.5, 0.6) is 0 Å². The molecule has 0 radical (unpaired) electrons. The van der Waals surface area contributed by atoms with Crippen molar-refractivity contribution in [1.29, 1.82) is 0 Å². The van der Waals surface area contributed by atoms with E-state index in [1.165, 1.54) is 12.2 Å². The number of sulfone groups is 1. The van der Waals surface area contributed by atoms with Gasteiger partial charge in [-0.2, -0.15) is 0 Å². The van der Waals surface area contributed by atoms with Crippen molar-refractivity contribution in [2.45, 2.75) is 19.4 Å². The topological polar surface area (TPSA) is 101 Å². The number of carboxylic acid groups (broad SMARTS) is 1. The number of rotatable bonds is 7. The molecule has 1 unspecified atom stereocenters. The van der Waals surface area contributed by atoms with Crippen LogP contribution in [-0.4, -0.2) is 43.5 Å². The molecular weight excluding hydrogens is 258 g/mol. The van der Waals surface area contributed by atoms with Crippen molar-refractivity contribution < 1.29 is 23.1 Å². The Bertz CT molecular complexity index is 450. The first-order chi connectivity index (χ1) is 8.26. The monoisotopic (exact) mass is 275 g/mol. The van der Waals surface area contributed by atoms with Crippen LogP contribution in [0, 0.1) is 0 Å². The molecule has 0 aliphatic carbocycles. The van der Waals surface area contributed by atoms with E-state index in [2.05, 4.69) is 5.32 Å². The third-order valence-electron chi connectivity index (χ3n) is 1.94. The highest BCUT2D eigenvalue weighted by Crippen LogP contribution is 1.97. The molecule has 0 spiro atoms. The van der Waals surface area contributed by atoms with E-state index in [0.29, 0.717) is 0 Å². The molecule has 0 aromatic rings. The van der Waals surface area contributed by atoms with Gasteiger partial charge in [-0.25, -0.2) is 13.2 Å². The molecule has 6 nitrogen and oxygen atoms in total. The summed E-state index contributed by atoms with van der Waals surface area (Å²) < 4.78 is 21.9. The van der Waals surface area contributed by atoms with Gasteiger partial charge in [0.25, 0.3) is 0 Å². The first-order valence-corrected chi connectivity index (χ1v) is 7.32. The summed E-state index contributed by atoms with van der Waals surface area (Å²) in [6.07, 6.45) is 6.83. The predicted octanol–water partition coefficient (Wildman–Crippen LogP) is 0.123. The molecular formula is C11H17NO5S. The van der Waals surface area contributed by atoms with Crippen molar-refractivity contribution in [3.05, 3.63) is 24.3 Å². The Balaban J connectivity index is 4.45. The lowest BCUT2D eigenvalue weighted by Gasteiger charge is -2.12. The summed E-state index contributed by atoms with van der Waals surface area (Å²) in [5, 5.41) is 11.1. The lowest BCUT2D eigenvalue weighted by atomic mass is 10.2. The van der Waals surface area contributed by atoms with Crippen molar-refractivity contribution in [3.63, 3.8) is 0 Å². The molecule has 0 aliphatic rings. The van der Waals surface area contributed by atoms with Crippen LogP contribution in [0.25, 0.3) is 0 Å². The zero-order chi connectivity index (χ0) is 14.2. The molecule has 7 heteroatoms. The number of aliphatic carboxylic acids is 1. The number of allylic oxidation sites excluding steroid dienone is 3. The summed E-state index contributed by atoms with van der Waals surface area (Å²) in [5.74, 6) is -2.12. The second kappa shape index (κ2) is 7.65. The SMILES string of the molecule is C/C=C/C=C/C(=O)NC(CCS(C)(=O)=O)C(=O)O. The summed E-state index contributed by atoms with van der Waals surface area (Å²) in [4.78, 5) is 22.1. The average Bonchev–Trinajstić information content (AvgIpc) is 2.22. The Hall–Kier alpha value is -1.63. The van der Waals surface area contributed by atoms with Crippen molar-refractivity contribution in [1.82, 2.24) is 5.32 Å². The quantitative estimate of drug-likeness (QED) is 0.508. The maximum absolute atomic E-state index is 11.3. The lowest BCUT2D eigenvalue weighted by Crippen LogP contribution is -2.41. The molecule has 0 heterocycles. The maximum atomic E-state index is 11.3. The maximum Gasteiger partial charge on any atom is 0.326 e. The normalized spacial score (nSPS) is 13.9. The molecule has 102 valence electrons. The minimum atomic E-state index is -3.25. The van der Waals surface area contributed by atoms with Gasteiger partial charge >= 0.3 is 5.97 Å². The number of hydrogen-bond donors (Lipinski definition) is 2. The highest BCUT2D eigenvalue weighted by Gasteiger charge is 2.20. The molecule has 0 saturated carbocycles. The molecule has 0 fully saturated rings. The molecule has 0 aliphatic heterocycles. The Kier molecular flexibility index (Phi) is 6.96. The van der Waals surface area contributed by atoms with Crippen LogP contribution in [-0.2, 0) is 19.4 Å². The fourth-order valence-electron chi connectivity index (χ4n) is 1.06. The summed E-state index contributed by atoms with van der Waals surface area (Å²) in [5.41, 5.74) is 0. The van der Waals surface area contributed by atoms with Gasteiger partial charge in [0.15, 0.2) is 0 Å². The second-order valence-electron chi connectivity index (χ2n) is 3.70. The van der Waals surface area contributed by atoms with Crippen molar-refractivity contribution >= 4 is 21.7 Å². The Morgan fingerprint density at radius 3 is 2.39 bits per heavy atom. The van der Waals surface area contributed by atoms with Gasteiger partial charge in [0.1, 0.15) is 15.9 Å². The van der Waals surface area contributed by atoms with Gasteiger partial charge in [-0.05, 0) is 13.3 Å². The smallest absolute Gasteiger partial charge is 0.326 e. The summed E-state index contributed by atoms with van der Waals surface area (Å²) in [6.45, 7) is 1.77. The third kappa shape index (κ3) is 8.51. The molecule has 0 saturated heterocycles. The van der Waals surface area contributed by atoms with Gasteiger partial charge in [0, 0.05) is 12.3 Å². The van der Waals surface area contributed by atoms with E-state index in [1.54, 1.807) is 19.1 Å². The molecule has 1 amide bonds. The molecule has 0 bridgehead atoms.